The third-order valence-electron chi connectivity index (χ3n) is 4.62. The van der Waals surface area contributed by atoms with E-state index in [4.69, 9.17) is 11.6 Å². The molecule has 0 saturated heterocycles. The minimum atomic E-state index is -0.746. The van der Waals surface area contributed by atoms with Crippen molar-refractivity contribution in [2.24, 2.45) is 0 Å². The molecule has 0 unspecified atom stereocenters. The topological polar surface area (TPSA) is 77.2 Å². The lowest BCUT2D eigenvalue weighted by molar-refractivity contribution is 0.0791. The predicted octanol–water partition coefficient (Wildman–Crippen LogP) is 2.50. The van der Waals surface area contributed by atoms with Crippen molar-refractivity contribution in [3.05, 3.63) is 91.2 Å². The summed E-state index contributed by atoms with van der Waals surface area (Å²) in [7, 11) is 1.57. The molecule has 0 atom stereocenters. The number of rotatable bonds is 5. The maximum absolute atomic E-state index is 13.1. The highest BCUT2D eigenvalue weighted by molar-refractivity contribution is 6.31. The highest BCUT2D eigenvalue weighted by Gasteiger charge is 2.23. The fourth-order valence-electron chi connectivity index (χ4n) is 2.84. The van der Waals surface area contributed by atoms with Crippen LogP contribution < -0.4 is 11.2 Å². The third kappa shape index (κ3) is 4.14. The molecule has 0 spiro atoms. The summed E-state index contributed by atoms with van der Waals surface area (Å²) < 4.78 is 2.08. The maximum atomic E-state index is 13.1. The Kier molecular flexibility index (Phi) is 5.98. The number of aryl methyl sites for hydroxylation is 1. The molecule has 3 rings (SSSR count). The van der Waals surface area contributed by atoms with E-state index in [2.05, 4.69) is 5.10 Å². The van der Waals surface area contributed by atoms with Gasteiger partial charge in [0.1, 0.15) is 0 Å². The number of carbonyl (C=O) groups excluding carboxylic acids is 1. The summed E-state index contributed by atoms with van der Waals surface area (Å²) in [5.74, 6) is -0.549. The van der Waals surface area contributed by atoms with Crippen molar-refractivity contribution in [3.8, 4) is 5.69 Å². The van der Waals surface area contributed by atoms with Crippen LogP contribution in [0.2, 0.25) is 5.02 Å². The van der Waals surface area contributed by atoms with E-state index in [0.29, 0.717) is 22.8 Å². The van der Waals surface area contributed by atoms with Crippen molar-refractivity contribution in [3.63, 3.8) is 0 Å². The highest BCUT2D eigenvalue weighted by atomic mass is 35.5. The molecule has 0 aliphatic heterocycles. The molecule has 0 aliphatic rings. The number of benzene rings is 2. The fourth-order valence-corrected chi connectivity index (χ4v) is 3.03. The van der Waals surface area contributed by atoms with Gasteiger partial charge in [0.25, 0.3) is 11.5 Å². The van der Waals surface area contributed by atoms with E-state index in [9.17, 15) is 14.4 Å². The van der Waals surface area contributed by atoms with Crippen LogP contribution in [0.3, 0.4) is 0 Å². The molecule has 150 valence electrons. The summed E-state index contributed by atoms with van der Waals surface area (Å²) in [5, 5.41) is 4.55. The van der Waals surface area contributed by atoms with Crippen molar-refractivity contribution >= 4 is 17.5 Å². The molecule has 0 saturated carbocycles. The first-order chi connectivity index (χ1) is 13.8. The monoisotopic (exact) mass is 412 g/mol. The summed E-state index contributed by atoms with van der Waals surface area (Å²) in [6.45, 7) is 4.00. The van der Waals surface area contributed by atoms with E-state index < -0.39 is 17.2 Å². The number of halogens is 1. The average Bonchev–Trinajstić information content (AvgIpc) is 2.71. The van der Waals surface area contributed by atoms with Gasteiger partial charge in [-0.15, -0.1) is 0 Å². The molecule has 0 bridgehead atoms. The van der Waals surface area contributed by atoms with Crippen LogP contribution in [-0.2, 0) is 6.54 Å². The van der Waals surface area contributed by atoms with Gasteiger partial charge in [-0.25, -0.2) is 4.79 Å². The number of hydrogen-bond donors (Lipinski definition) is 0. The first-order valence-corrected chi connectivity index (χ1v) is 9.51. The molecular formula is C21H21ClN4O3. The third-order valence-corrected chi connectivity index (χ3v) is 4.98. The van der Waals surface area contributed by atoms with Gasteiger partial charge in [-0.3, -0.25) is 14.2 Å². The van der Waals surface area contributed by atoms with E-state index in [1.54, 1.807) is 56.4 Å². The van der Waals surface area contributed by atoms with Crippen molar-refractivity contribution in [2.45, 2.75) is 20.4 Å². The van der Waals surface area contributed by atoms with Crippen molar-refractivity contribution in [2.75, 3.05) is 13.6 Å². The molecule has 2 aromatic carbocycles. The van der Waals surface area contributed by atoms with Crippen LogP contribution in [0, 0.1) is 6.92 Å². The Balaban J connectivity index is 2.27. The second-order valence-electron chi connectivity index (χ2n) is 6.68. The molecule has 0 aliphatic carbocycles. The van der Waals surface area contributed by atoms with Gasteiger partial charge in [0.05, 0.1) is 12.2 Å². The molecule has 1 aromatic heterocycles. The van der Waals surface area contributed by atoms with Crippen LogP contribution in [0.4, 0.5) is 0 Å². The molecule has 0 fully saturated rings. The van der Waals surface area contributed by atoms with Crippen molar-refractivity contribution < 1.29 is 4.79 Å². The number of amides is 1. The minimum absolute atomic E-state index is 0.0677. The Morgan fingerprint density at radius 1 is 1.14 bits per heavy atom. The van der Waals surface area contributed by atoms with Gasteiger partial charge < -0.3 is 4.90 Å². The second kappa shape index (κ2) is 8.45. The molecule has 0 radical (unpaired) electrons. The van der Waals surface area contributed by atoms with Gasteiger partial charge in [-0.05, 0) is 43.2 Å². The van der Waals surface area contributed by atoms with Crippen LogP contribution in [0.5, 0.6) is 0 Å². The molecule has 1 heterocycles. The van der Waals surface area contributed by atoms with E-state index in [1.165, 1.54) is 4.90 Å². The maximum Gasteiger partial charge on any atom is 0.352 e. The average molecular weight is 413 g/mol. The number of hydrogen-bond acceptors (Lipinski definition) is 4. The van der Waals surface area contributed by atoms with Gasteiger partial charge in [-0.2, -0.15) is 9.78 Å². The van der Waals surface area contributed by atoms with Crippen LogP contribution >= 0.6 is 11.6 Å². The first-order valence-electron chi connectivity index (χ1n) is 9.13. The highest BCUT2D eigenvalue weighted by Crippen LogP contribution is 2.15. The molecule has 0 N–H and O–H groups in total. The Morgan fingerprint density at radius 2 is 1.86 bits per heavy atom. The van der Waals surface area contributed by atoms with Gasteiger partial charge in [0.2, 0.25) is 5.69 Å². The first kappa shape index (κ1) is 20.5. The standard InChI is InChI=1S/C21H21ClN4O3/c1-4-24(3)19(27)18-20(28)25(13-15-9-5-6-11-17(15)22)21(29)26(23-18)16-10-7-8-14(2)12-16/h5-12H,4,13H2,1-3H3. The minimum Gasteiger partial charge on any atom is -0.340 e. The SMILES string of the molecule is CCN(C)C(=O)c1nn(-c2cccc(C)c2)c(=O)n(Cc2ccccc2Cl)c1=O. The lowest BCUT2D eigenvalue weighted by atomic mass is 10.2. The zero-order valence-corrected chi connectivity index (χ0v) is 17.2. The van der Waals surface area contributed by atoms with E-state index in [0.717, 1.165) is 14.8 Å². The van der Waals surface area contributed by atoms with Crippen LogP contribution in [0.25, 0.3) is 5.69 Å². The van der Waals surface area contributed by atoms with Crippen molar-refractivity contribution in [1.82, 2.24) is 19.2 Å². The fraction of sp³-hybridized carbons (Fsp3) is 0.238. The Labute approximate surface area is 172 Å². The molecule has 3 aromatic rings. The molecule has 1 amide bonds. The smallest absolute Gasteiger partial charge is 0.340 e. The summed E-state index contributed by atoms with van der Waals surface area (Å²) in [5.41, 5.74) is 0.273. The molecule has 29 heavy (non-hydrogen) atoms. The van der Waals surface area contributed by atoms with Gasteiger partial charge in [0, 0.05) is 18.6 Å². The van der Waals surface area contributed by atoms with Crippen LogP contribution in [0.1, 0.15) is 28.5 Å². The summed E-state index contributed by atoms with van der Waals surface area (Å²) in [6.07, 6.45) is 0. The summed E-state index contributed by atoms with van der Waals surface area (Å²) in [6, 6.07) is 14.1. The molecule has 8 heteroatoms. The quantitative estimate of drug-likeness (QED) is 0.645. The van der Waals surface area contributed by atoms with E-state index in [1.807, 2.05) is 13.0 Å². The zero-order valence-electron chi connectivity index (χ0n) is 16.4. The lowest BCUT2D eigenvalue weighted by Gasteiger charge is -2.16. The number of aromatic nitrogens is 3. The van der Waals surface area contributed by atoms with E-state index in [-0.39, 0.29) is 12.2 Å². The molecule has 7 nitrogen and oxygen atoms in total. The second-order valence-corrected chi connectivity index (χ2v) is 7.09. The van der Waals surface area contributed by atoms with E-state index >= 15 is 0 Å². The van der Waals surface area contributed by atoms with Crippen LogP contribution in [0.15, 0.2) is 58.1 Å². The summed E-state index contributed by atoms with van der Waals surface area (Å²) in [4.78, 5) is 40.2. The Morgan fingerprint density at radius 3 is 2.52 bits per heavy atom. The van der Waals surface area contributed by atoms with Crippen molar-refractivity contribution in [1.29, 1.82) is 0 Å². The summed E-state index contributed by atoms with van der Waals surface area (Å²) >= 11 is 6.22. The molecular weight excluding hydrogens is 392 g/mol. The van der Waals surface area contributed by atoms with Gasteiger partial charge in [-0.1, -0.05) is 41.9 Å². The van der Waals surface area contributed by atoms with Crippen LogP contribution in [-0.4, -0.2) is 38.7 Å². The zero-order chi connectivity index (χ0) is 21.1. The normalized spacial score (nSPS) is 10.8. The largest absolute Gasteiger partial charge is 0.352 e. The Hall–Kier alpha value is -3.19. The Bertz CT molecular complexity index is 1180. The number of carbonyl (C=O) groups is 1. The lowest BCUT2D eigenvalue weighted by Crippen LogP contribution is -2.46. The van der Waals surface area contributed by atoms with Gasteiger partial charge >= 0.3 is 5.69 Å². The number of nitrogens with zero attached hydrogens (tertiary/aromatic N) is 4. The predicted molar refractivity (Wildman–Crippen MR) is 112 cm³/mol. The van der Waals surface area contributed by atoms with Gasteiger partial charge in [0.15, 0.2) is 0 Å².